The maximum absolute atomic E-state index is 2.52. The summed E-state index contributed by atoms with van der Waals surface area (Å²) in [6, 6.07) is 68.4. The van der Waals surface area contributed by atoms with Crippen molar-refractivity contribution >= 4 is 17.1 Å². The lowest BCUT2D eigenvalue weighted by molar-refractivity contribution is 0.660. The molecule has 274 valence electrons. The molecule has 11 rings (SSSR count). The zero-order chi connectivity index (χ0) is 38.7. The van der Waals surface area contributed by atoms with Gasteiger partial charge < -0.3 is 4.90 Å². The normalized spacial score (nSPS) is 17.2. The van der Waals surface area contributed by atoms with Crippen LogP contribution in [0, 0.1) is 0 Å². The summed E-state index contributed by atoms with van der Waals surface area (Å²) in [5, 5.41) is 0. The third-order valence-electron chi connectivity index (χ3n) is 13.8. The Bertz CT molecular complexity index is 2820. The minimum absolute atomic E-state index is 0.119. The zero-order valence-corrected chi connectivity index (χ0v) is 33.3. The van der Waals surface area contributed by atoms with Crippen LogP contribution in [0.2, 0.25) is 0 Å². The lowest BCUT2D eigenvalue weighted by atomic mass is 9.74. The first-order valence-electron chi connectivity index (χ1n) is 20.4. The molecule has 0 aliphatic heterocycles. The van der Waals surface area contributed by atoms with Gasteiger partial charge in [-0.05, 0) is 121 Å². The predicted octanol–water partition coefficient (Wildman–Crippen LogP) is 14.8. The molecule has 0 bridgehead atoms. The molecular weight excluding hydrogens is 687 g/mol. The van der Waals surface area contributed by atoms with E-state index in [0.29, 0.717) is 0 Å². The van der Waals surface area contributed by atoms with Gasteiger partial charge in [-0.3, -0.25) is 0 Å². The highest BCUT2D eigenvalue weighted by molar-refractivity contribution is 5.94. The summed E-state index contributed by atoms with van der Waals surface area (Å²) in [6.45, 7) is 11.9. The molecule has 0 N–H and O–H groups in total. The summed E-state index contributed by atoms with van der Waals surface area (Å²) in [5.74, 6) is 0. The van der Waals surface area contributed by atoms with E-state index in [2.05, 4.69) is 222 Å². The molecule has 3 aliphatic carbocycles. The van der Waals surface area contributed by atoms with E-state index in [9.17, 15) is 0 Å². The lowest BCUT2D eigenvalue weighted by Crippen LogP contribution is -2.22. The van der Waals surface area contributed by atoms with Gasteiger partial charge in [-0.15, -0.1) is 0 Å². The number of benzene rings is 8. The third kappa shape index (κ3) is 4.69. The van der Waals surface area contributed by atoms with Crippen molar-refractivity contribution in [1.82, 2.24) is 0 Å². The average molecular weight is 732 g/mol. The number of rotatable bonds is 5. The summed E-state index contributed by atoms with van der Waals surface area (Å²) >= 11 is 0. The quantitative estimate of drug-likeness (QED) is 0.170. The molecule has 3 aliphatic rings. The van der Waals surface area contributed by atoms with Crippen molar-refractivity contribution in [1.29, 1.82) is 0 Å². The molecule has 1 unspecified atom stereocenters. The zero-order valence-electron chi connectivity index (χ0n) is 33.3. The van der Waals surface area contributed by atoms with E-state index in [0.717, 1.165) is 17.1 Å². The topological polar surface area (TPSA) is 3.24 Å². The minimum Gasteiger partial charge on any atom is -0.310 e. The van der Waals surface area contributed by atoms with Crippen LogP contribution in [-0.2, 0) is 16.2 Å². The van der Waals surface area contributed by atoms with E-state index < -0.39 is 0 Å². The van der Waals surface area contributed by atoms with Gasteiger partial charge in [-0.1, -0.05) is 173 Å². The predicted molar refractivity (Wildman–Crippen MR) is 239 cm³/mol. The molecule has 1 atom stereocenters. The fourth-order valence-electron chi connectivity index (χ4n) is 10.7. The monoisotopic (exact) mass is 731 g/mol. The molecule has 8 aromatic rings. The van der Waals surface area contributed by atoms with Gasteiger partial charge in [0.25, 0.3) is 0 Å². The molecule has 0 saturated heterocycles. The molecule has 57 heavy (non-hydrogen) atoms. The van der Waals surface area contributed by atoms with Gasteiger partial charge in [-0.2, -0.15) is 0 Å². The van der Waals surface area contributed by atoms with Gasteiger partial charge in [0.15, 0.2) is 0 Å². The van der Waals surface area contributed by atoms with Crippen LogP contribution in [0.3, 0.4) is 0 Å². The Balaban J connectivity index is 1.13. The van der Waals surface area contributed by atoms with Gasteiger partial charge >= 0.3 is 0 Å². The second-order valence-corrected chi connectivity index (χ2v) is 17.5. The van der Waals surface area contributed by atoms with Crippen LogP contribution < -0.4 is 4.90 Å². The van der Waals surface area contributed by atoms with Gasteiger partial charge in [0.05, 0.1) is 5.69 Å². The standard InChI is InChI=1S/C56H45N/c1-54(2)47-23-13-9-20-41(47)44-31-28-38(34-50(44)54)57(39-29-32-45-42-21-10-14-24-48(42)55(3,4)51(45)35-39)53-26-16-12-19-40(53)36-27-30-46-43-22-11-15-25-49(43)56(5,52(46)33-36)37-17-7-6-8-18-37/h6-35H,1-5H3. The Kier molecular flexibility index (Phi) is 7.15. The van der Waals surface area contributed by atoms with Crippen LogP contribution in [0.25, 0.3) is 44.5 Å². The van der Waals surface area contributed by atoms with Gasteiger partial charge in [0.2, 0.25) is 0 Å². The molecule has 1 nitrogen and oxygen atoms in total. The first kappa shape index (κ1) is 33.9. The van der Waals surface area contributed by atoms with E-state index in [1.165, 1.54) is 83.5 Å². The number of hydrogen-bond acceptors (Lipinski definition) is 1. The Hall–Kier alpha value is -6.44. The molecule has 0 aromatic heterocycles. The highest BCUT2D eigenvalue weighted by Gasteiger charge is 2.41. The van der Waals surface area contributed by atoms with E-state index in [-0.39, 0.29) is 16.2 Å². The third-order valence-corrected chi connectivity index (χ3v) is 13.8. The summed E-state index contributed by atoms with van der Waals surface area (Å²) in [5.41, 5.74) is 22.9. The Labute approximate surface area is 336 Å². The van der Waals surface area contributed by atoms with Crippen molar-refractivity contribution < 1.29 is 0 Å². The van der Waals surface area contributed by atoms with Crippen molar-refractivity contribution in [3.63, 3.8) is 0 Å². The first-order chi connectivity index (χ1) is 27.7. The molecule has 1 heteroatoms. The number of nitrogens with zero attached hydrogens (tertiary/aromatic N) is 1. The van der Waals surface area contributed by atoms with Crippen LogP contribution in [0.15, 0.2) is 182 Å². The second-order valence-electron chi connectivity index (χ2n) is 17.5. The number of fused-ring (bicyclic) bond motifs is 9. The summed E-state index contributed by atoms with van der Waals surface area (Å²) < 4.78 is 0. The molecule has 8 aromatic carbocycles. The van der Waals surface area contributed by atoms with Crippen LogP contribution in [0.5, 0.6) is 0 Å². The van der Waals surface area contributed by atoms with Crippen molar-refractivity contribution in [3.05, 3.63) is 221 Å². The van der Waals surface area contributed by atoms with E-state index >= 15 is 0 Å². The molecule has 0 amide bonds. The Morgan fingerprint density at radius 1 is 0.316 bits per heavy atom. The molecule has 0 fully saturated rings. The van der Waals surface area contributed by atoms with Crippen LogP contribution in [0.1, 0.15) is 73.6 Å². The number of anilines is 3. The molecule has 0 spiro atoms. The van der Waals surface area contributed by atoms with Crippen LogP contribution in [0.4, 0.5) is 17.1 Å². The highest BCUT2D eigenvalue weighted by atomic mass is 15.1. The minimum atomic E-state index is -0.279. The van der Waals surface area contributed by atoms with Gasteiger partial charge in [-0.25, -0.2) is 0 Å². The maximum atomic E-state index is 2.52. The van der Waals surface area contributed by atoms with Gasteiger partial charge in [0, 0.05) is 33.2 Å². The number of para-hydroxylation sites is 1. The first-order valence-corrected chi connectivity index (χ1v) is 20.4. The Morgan fingerprint density at radius 2 is 0.737 bits per heavy atom. The highest BCUT2D eigenvalue weighted by Crippen LogP contribution is 2.56. The molecule has 0 radical (unpaired) electrons. The van der Waals surface area contributed by atoms with Crippen LogP contribution in [-0.4, -0.2) is 0 Å². The van der Waals surface area contributed by atoms with Crippen molar-refractivity contribution in [3.8, 4) is 44.5 Å². The van der Waals surface area contributed by atoms with E-state index in [1.807, 2.05) is 0 Å². The number of hydrogen-bond donors (Lipinski definition) is 0. The molecule has 0 heterocycles. The smallest absolute Gasteiger partial charge is 0.0540 e. The Morgan fingerprint density at radius 3 is 1.32 bits per heavy atom. The fourth-order valence-corrected chi connectivity index (χ4v) is 10.7. The maximum Gasteiger partial charge on any atom is 0.0540 e. The van der Waals surface area contributed by atoms with E-state index in [4.69, 9.17) is 0 Å². The summed E-state index contributed by atoms with van der Waals surface area (Å²) in [4.78, 5) is 2.52. The fraction of sp³-hybridized carbons (Fsp3) is 0.143. The largest absolute Gasteiger partial charge is 0.310 e. The van der Waals surface area contributed by atoms with E-state index in [1.54, 1.807) is 0 Å². The lowest BCUT2D eigenvalue weighted by Gasteiger charge is -2.31. The van der Waals surface area contributed by atoms with Crippen LogP contribution >= 0.6 is 0 Å². The summed E-state index contributed by atoms with van der Waals surface area (Å²) in [6.07, 6.45) is 0. The molecule has 0 saturated carbocycles. The van der Waals surface area contributed by atoms with Crippen molar-refractivity contribution in [2.45, 2.75) is 50.9 Å². The average Bonchev–Trinajstić information content (AvgIpc) is 3.75. The molecular formula is C56H45N. The van der Waals surface area contributed by atoms with Gasteiger partial charge in [0.1, 0.15) is 0 Å². The van der Waals surface area contributed by atoms with Crippen molar-refractivity contribution in [2.75, 3.05) is 4.90 Å². The van der Waals surface area contributed by atoms with Crippen molar-refractivity contribution in [2.24, 2.45) is 0 Å². The second kappa shape index (κ2) is 12.0. The summed E-state index contributed by atoms with van der Waals surface area (Å²) in [7, 11) is 0. The SMILES string of the molecule is CC1(C)c2ccccc2-c2ccc(N(c3ccc4c(c3)C(C)(C)c3ccccc3-4)c3ccccc3-c3ccc4c(c3)C(C)(c3ccccc3)c3ccccc3-4)cc21.